The number of amidine groups is 1. The number of aliphatic imine (C=N–C) groups is 1. The fourth-order valence-corrected chi connectivity index (χ4v) is 3.36. The lowest BCUT2D eigenvalue weighted by atomic mass is 10.00. The number of nitrogens with one attached hydrogen (secondary N) is 1. The Hall–Kier alpha value is -1.02. The maximum absolute atomic E-state index is 4.62. The van der Waals surface area contributed by atoms with Crippen molar-refractivity contribution in [3.8, 4) is 0 Å². The van der Waals surface area contributed by atoms with Crippen LogP contribution in [0.4, 0.5) is 0 Å². The Morgan fingerprint density at radius 3 is 2.94 bits per heavy atom. The maximum atomic E-state index is 4.62. The molecular weight excluding hydrogens is 220 g/mol. The molecule has 1 saturated carbocycles. The number of nitrogens with zero attached hydrogens (tertiary/aromatic N) is 1. The Morgan fingerprint density at radius 2 is 2.19 bits per heavy atom. The van der Waals surface area contributed by atoms with E-state index < -0.39 is 0 Å². The van der Waals surface area contributed by atoms with Crippen LogP contribution in [0, 0.1) is 5.41 Å². The van der Waals surface area contributed by atoms with E-state index in [1.165, 1.54) is 18.7 Å². The summed E-state index contributed by atoms with van der Waals surface area (Å²) in [4.78, 5) is 4.62. The minimum absolute atomic E-state index is 0. The minimum Gasteiger partial charge on any atom is -0.371 e. The van der Waals surface area contributed by atoms with E-state index >= 15 is 0 Å². The van der Waals surface area contributed by atoms with Crippen molar-refractivity contribution in [2.75, 3.05) is 13.1 Å². The number of hydrogen-bond acceptors (Lipinski definition) is 2. The molecule has 84 valence electrons. The highest BCUT2D eigenvalue weighted by Gasteiger charge is 2.63. The first-order valence-corrected chi connectivity index (χ1v) is 5.77. The van der Waals surface area contributed by atoms with Crippen LogP contribution in [-0.4, -0.2) is 18.9 Å². The molecule has 1 N–H and O–H groups in total. The zero-order valence-corrected chi connectivity index (χ0v) is 9.89. The summed E-state index contributed by atoms with van der Waals surface area (Å²) in [5.41, 5.74) is 3.51. The number of rotatable bonds is 1. The molecule has 0 radical (unpaired) electrons. The molecule has 1 aromatic rings. The summed E-state index contributed by atoms with van der Waals surface area (Å²) in [5, 5.41) is 3.47. The lowest BCUT2D eigenvalue weighted by Crippen LogP contribution is -2.29. The van der Waals surface area contributed by atoms with Gasteiger partial charge in [0.15, 0.2) is 0 Å². The van der Waals surface area contributed by atoms with Gasteiger partial charge in [-0.2, -0.15) is 0 Å². The first-order valence-electron chi connectivity index (χ1n) is 5.77. The van der Waals surface area contributed by atoms with Crippen molar-refractivity contribution < 1.29 is 0 Å². The highest BCUT2D eigenvalue weighted by molar-refractivity contribution is 5.95. The summed E-state index contributed by atoms with van der Waals surface area (Å²) in [7, 11) is 0. The summed E-state index contributed by atoms with van der Waals surface area (Å²) in [6, 6.07) is 8.89. The van der Waals surface area contributed by atoms with Crippen LogP contribution < -0.4 is 5.32 Å². The van der Waals surface area contributed by atoms with E-state index in [4.69, 9.17) is 0 Å². The molecule has 2 aliphatic carbocycles. The van der Waals surface area contributed by atoms with Crippen LogP contribution in [0.25, 0.3) is 0 Å². The molecule has 4 rings (SSSR count). The van der Waals surface area contributed by atoms with Crippen molar-refractivity contribution in [3.05, 3.63) is 35.4 Å². The summed E-state index contributed by atoms with van der Waals surface area (Å²) in [6.45, 7) is 2.01. The third-order valence-electron chi connectivity index (χ3n) is 4.16. The van der Waals surface area contributed by atoms with E-state index in [2.05, 4.69) is 34.6 Å². The maximum Gasteiger partial charge on any atom is 0.104 e. The Bertz CT molecular complexity index is 469. The van der Waals surface area contributed by atoms with Gasteiger partial charge in [0, 0.05) is 12.0 Å². The van der Waals surface area contributed by atoms with Crippen molar-refractivity contribution in [1.29, 1.82) is 0 Å². The van der Waals surface area contributed by atoms with Crippen LogP contribution in [-0.2, 0) is 6.42 Å². The standard InChI is InChI=1S/C13H14N2.ClH/c1-2-4-10-9(3-1)7-13(8-11(10)13)12-14-5-6-15-12;/h1-4,11H,5-8H2,(H,14,15);1H. The summed E-state index contributed by atoms with van der Waals surface area (Å²) < 4.78 is 0. The normalized spacial score (nSPS) is 33.2. The molecule has 2 unspecified atom stereocenters. The van der Waals surface area contributed by atoms with Crippen molar-refractivity contribution >= 4 is 18.2 Å². The smallest absolute Gasteiger partial charge is 0.104 e. The van der Waals surface area contributed by atoms with Crippen LogP contribution in [0.1, 0.15) is 23.5 Å². The number of hydrogen-bond donors (Lipinski definition) is 1. The van der Waals surface area contributed by atoms with Gasteiger partial charge in [-0.3, -0.25) is 4.99 Å². The Kier molecular flexibility index (Phi) is 2.05. The number of halogens is 1. The molecule has 3 heteroatoms. The first-order chi connectivity index (χ1) is 7.40. The first kappa shape index (κ1) is 10.2. The second kappa shape index (κ2) is 3.24. The van der Waals surface area contributed by atoms with Gasteiger partial charge in [-0.1, -0.05) is 24.3 Å². The van der Waals surface area contributed by atoms with E-state index in [1.54, 1.807) is 11.1 Å². The van der Waals surface area contributed by atoms with Gasteiger partial charge < -0.3 is 5.32 Å². The van der Waals surface area contributed by atoms with E-state index in [0.29, 0.717) is 5.41 Å². The summed E-state index contributed by atoms with van der Waals surface area (Å²) >= 11 is 0. The highest BCUT2D eigenvalue weighted by atomic mass is 35.5. The summed E-state index contributed by atoms with van der Waals surface area (Å²) in [5.74, 6) is 2.06. The second-order valence-corrected chi connectivity index (χ2v) is 4.95. The molecule has 16 heavy (non-hydrogen) atoms. The van der Waals surface area contributed by atoms with Gasteiger partial charge in [0.1, 0.15) is 5.84 Å². The quantitative estimate of drug-likeness (QED) is 0.791. The molecule has 0 spiro atoms. The molecule has 1 aliphatic heterocycles. The van der Waals surface area contributed by atoms with Gasteiger partial charge in [-0.25, -0.2) is 0 Å². The van der Waals surface area contributed by atoms with Crippen LogP contribution >= 0.6 is 12.4 Å². The topological polar surface area (TPSA) is 24.4 Å². The van der Waals surface area contributed by atoms with E-state index in [9.17, 15) is 0 Å². The molecule has 1 fully saturated rings. The molecule has 2 atom stereocenters. The predicted molar refractivity (Wildman–Crippen MR) is 67.5 cm³/mol. The van der Waals surface area contributed by atoms with Crippen LogP contribution in [0.2, 0.25) is 0 Å². The van der Waals surface area contributed by atoms with Gasteiger partial charge >= 0.3 is 0 Å². The molecular formula is C13H15ClN2. The Morgan fingerprint density at radius 1 is 1.31 bits per heavy atom. The minimum atomic E-state index is 0. The zero-order chi connectivity index (χ0) is 9.88. The molecule has 1 heterocycles. The van der Waals surface area contributed by atoms with Crippen LogP contribution in [0.5, 0.6) is 0 Å². The van der Waals surface area contributed by atoms with E-state index in [1.807, 2.05) is 0 Å². The lowest BCUT2D eigenvalue weighted by molar-refractivity contribution is 0.687. The molecule has 0 saturated heterocycles. The van der Waals surface area contributed by atoms with Crippen molar-refractivity contribution in [2.24, 2.45) is 10.4 Å². The van der Waals surface area contributed by atoms with Crippen molar-refractivity contribution in [1.82, 2.24) is 5.32 Å². The van der Waals surface area contributed by atoms with Gasteiger partial charge in [0.25, 0.3) is 0 Å². The van der Waals surface area contributed by atoms with Crippen LogP contribution in [0.3, 0.4) is 0 Å². The SMILES string of the molecule is Cl.c1ccc2c(c1)CC1(C3=NCCN3)CC21. The zero-order valence-electron chi connectivity index (χ0n) is 9.07. The van der Waals surface area contributed by atoms with Gasteiger partial charge in [0.05, 0.1) is 6.54 Å². The van der Waals surface area contributed by atoms with Gasteiger partial charge in [-0.15, -0.1) is 12.4 Å². The monoisotopic (exact) mass is 234 g/mol. The lowest BCUT2D eigenvalue weighted by Gasteiger charge is -2.12. The second-order valence-electron chi connectivity index (χ2n) is 4.95. The average molecular weight is 235 g/mol. The average Bonchev–Trinajstić information content (AvgIpc) is 2.70. The Labute approximate surface area is 102 Å². The molecule has 1 aromatic carbocycles. The highest BCUT2D eigenvalue weighted by Crippen LogP contribution is 2.67. The molecule has 0 amide bonds. The van der Waals surface area contributed by atoms with Gasteiger partial charge in [0.2, 0.25) is 0 Å². The van der Waals surface area contributed by atoms with Crippen molar-refractivity contribution in [3.63, 3.8) is 0 Å². The van der Waals surface area contributed by atoms with Gasteiger partial charge in [-0.05, 0) is 29.9 Å². The molecule has 3 aliphatic rings. The van der Waals surface area contributed by atoms with Crippen LogP contribution in [0.15, 0.2) is 29.3 Å². The fourth-order valence-electron chi connectivity index (χ4n) is 3.36. The third-order valence-corrected chi connectivity index (χ3v) is 4.16. The van der Waals surface area contributed by atoms with E-state index in [-0.39, 0.29) is 12.4 Å². The molecule has 2 nitrogen and oxygen atoms in total. The van der Waals surface area contributed by atoms with E-state index in [0.717, 1.165) is 19.0 Å². The number of fused-ring (bicyclic) bond motifs is 3. The molecule has 0 bridgehead atoms. The Balaban J connectivity index is 0.000000810. The predicted octanol–water partition coefficient (Wildman–Crippen LogP) is 2.14. The fraction of sp³-hybridized carbons (Fsp3) is 0.462. The third kappa shape index (κ3) is 1.11. The largest absolute Gasteiger partial charge is 0.371 e. The molecule has 0 aromatic heterocycles. The number of benzene rings is 1. The summed E-state index contributed by atoms with van der Waals surface area (Å²) in [6.07, 6.45) is 2.52. The van der Waals surface area contributed by atoms with Crippen molar-refractivity contribution in [2.45, 2.75) is 18.8 Å².